The molecule has 0 bridgehead atoms. The fraction of sp³-hybridized carbons (Fsp3) is 0.120. The van der Waals surface area contributed by atoms with Gasteiger partial charge in [-0.15, -0.1) is 0 Å². The number of carbonyl (C=O) groups is 1. The summed E-state index contributed by atoms with van der Waals surface area (Å²) < 4.78 is 0. The van der Waals surface area contributed by atoms with Crippen molar-refractivity contribution in [3.8, 4) is 0 Å². The Kier molecular flexibility index (Phi) is 4.24. The molecule has 142 valence electrons. The van der Waals surface area contributed by atoms with Gasteiger partial charge in [-0.2, -0.15) is 5.10 Å². The number of rotatable bonds is 5. The number of amides is 1. The largest absolute Gasteiger partial charge is 0.361 e. The molecule has 1 aliphatic carbocycles. The number of fused-ring (bicyclic) bond motifs is 1. The van der Waals surface area contributed by atoms with Crippen LogP contribution in [0.5, 0.6) is 0 Å². The van der Waals surface area contributed by atoms with E-state index in [2.05, 4.69) is 39.8 Å². The number of aromatic nitrogens is 1. The van der Waals surface area contributed by atoms with Gasteiger partial charge in [0, 0.05) is 28.1 Å². The maximum absolute atomic E-state index is 12.9. The standard InChI is InChI=1S/C25H21N3O/c29-24(28-27-17-18-16-26-23-14-8-7-13-21(18)23)22-15-25(22,19-9-3-1-4-10-19)20-11-5-2-6-12-20/h1-14,16-17,22,26H,15H2,(H,28,29)/b27-17-. The molecule has 5 rings (SSSR count). The van der Waals surface area contributed by atoms with E-state index in [4.69, 9.17) is 0 Å². The van der Waals surface area contributed by atoms with Crippen LogP contribution < -0.4 is 5.43 Å². The molecular formula is C25H21N3O. The fourth-order valence-corrected chi connectivity index (χ4v) is 4.30. The second-order valence-corrected chi connectivity index (χ2v) is 7.48. The molecule has 29 heavy (non-hydrogen) atoms. The minimum absolute atomic E-state index is 0.0474. The molecule has 1 aromatic heterocycles. The maximum Gasteiger partial charge on any atom is 0.244 e. The lowest BCUT2D eigenvalue weighted by molar-refractivity contribution is -0.122. The third kappa shape index (κ3) is 3.03. The summed E-state index contributed by atoms with van der Waals surface area (Å²) in [6.07, 6.45) is 4.39. The number of para-hydroxylation sites is 1. The molecule has 1 aliphatic rings. The summed E-state index contributed by atoms with van der Waals surface area (Å²) in [7, 11) is 0. The lowest BCUT2D eigenvalue weighted by atomic mass is 9.85. The van der Waals surface area contributed by atoms with Crippen molar-refractivity contribution in [3.05, 3.63) is 108 Å². The Bertz CT molecular complexity index is 1140. The monoisotopic (exact) mass is 379 g/mol. The Balaban J connectivity index is 1.37. The fourth-order valence-electron chi connectivity index (χ4n) is 4.30. The minimum atomic E-state index is -0.275. The van der Waals surface area contributed by atoms with Crippen LogP contribution in [-0.4, -0.2) is 17.1 Å². The van der Waals surface area contributed by atoms with Gasteiger partial charge in [-0.25, -0.2) is 5.43 Å². The summed E-state index contributed by atoms with van der Waals surface area (Å²) in [5, 5.41) is 5.32. The van der Waals surface area contributed by atoms with E-state index >= 15 is 0 Å². The number of nitrogens with one attached hydrogen (secondary N) is 2. The summed E-state index contributed by atoms with van der Waals surface area (Å²) in [6, 6.07) is 28.6. The van der Waals surface area contributed by atoms with Crippen molar-refractivity contribution < 1.29 is 4.79 Å². The topological polar surface area (TPSA) is 57.2 Å². The van der Waals surface area contributed by atoms with Crippen molar-refractivity contribution in [2.75, 3.05) is 0 Å². The van der Waals surface area contributed by atoms with Crippen LogP contribution in [0.4, 0.5) is 0 Å². The van der Waals surface area contributed by atoms with Gasteiger partial charge in [-0.1, -0.05) is 78.9 Å². The van der Waals surface area contributed by atoms with Crippen LogP contribution in [0, 0.1) is 5.92 Å². The molecule has 4 aromatic rings. The highest BCUT2D eigenvalue weighted by Crippen LogP contribution is 2.58. The van der Waals surface area contributed by atoms with E-state index in [9.17, 15) is 4.79 Å². The zero-order valence-electron chi connectivity index (χ0n) is 15.9. The van der Waals surface area contributed by atoms with Crippen LogP contribution >= 0.6 is 0 Å². The molecular weight excluding hydrogens is 358 g/mol. The Hall–Kier alpha value is -3.66. The number of aromatic amines is 1. The Morgan fingerprint density at radius 3 is 2.24 bits per heavy atom. The molecule has 1 amide bonds. The quantitative estimate of drug-likeness (QED) is 0.386. The van der Waals surface area contributed by atoms with Crippen LogP contribution in [0.3, 0.4) is 0 Å². The molecule has 4 nitrogen and oxygen atoms in total. The summed E-state index contributed by atoms with van der Waals surface area (Å²) in [6.45, 7) is 0. The van der Waals surface area contributed by atoms with E-state index in [0.717, 1.165) is 22.9 Å². The molecule has 0 saturated heterocycles. The van der Waals surface area contributed by atoms with Gasteiger partial charge in [0.1, 0.15) is 0 Å². The second-order valence-electron chi connectivity index (χ2n) is 7.48. The van der Waals surface area contributed by atoms with Gasteiger partial charge >= 0.3 is 0 Å². The Labute approximate surface area is 169 Å². The van der Waals surface area contributed by atoms with Gasteiger partial charge in [0.05, 0.1) is 12.1 Å². The number of hydrazone groups is 1. The number of nitrogens with zero attached hydrogens (tertiary/aromatic N) is 1. The molecule has 1 fully saturated rings. The molecule has 1 saturated carbocycles. The molecule has 4 heteroatoms. The lowest BCUT2D eigenvalue weighted by Crippen LogP contribution is -2.25. The SMILES string of the molecule is O=C(N/N=C\c1c[nH]c2ccccc12)C1CC1(c1ccccc1)c1ccccc1. The third-order valence-electron chi connectivity index (χ3n) is 5.85. The first-order chi connectivity index (χ1) is 14.3. The van der Waals surface area contributed by atoms with Crippen LogP contribution in [0.1, 0.15) is 23.1 Å². The van der Waals surface area contributed by atoms with Crippen molar-refractivity contribution >= 4 is 23.0 Å². The van der Waals surface area contributed by atoms with Crippen molar-refractivity contribution in [1.29, 1.82) is 0 Å². The molecule has 2 N–H and O–H groups in total. The van der Waals surface area contributed by atoms with E-state index in [-0.39, 0.29) is 17.2 Å². The van der Waals surface area contributed by atoms with Gasteiger partial charge < -0.3 is 4.98 Å². The number of carbonyl (C=O) groups excluding carboxylic acids is 1. The van der Waals surface area contributed by atoms with Crippen LogP contribution in [0.2, 0.25) is 0 Å². The zero-order chi connectivity index (χ0) is 19.7. The molecule has 0 radical (unpaired) electrons. The van der Waals surface area contributed by atoms with Gasteiger partial charge in [0.25, 0.3) is 0 Å². The molecule has 3 aromatic carbocycles. The van der Waals surface area contributed by atoms with Crippen LogP contribution in [0.15, 0.2) is 96.2 Å². The average Bonchev–Trinajstić information content (AvgIpc) is 3.43. The van der Waals surface area contributed by atoms with Gasteiger partial charge in [0.15, 0.2) is 0 Å². The first-order valence-electron chi connectivity index (χ1n) is 9.79. The smallest absolute Gasteiger partial charge is 0.244 e. The summed E-state index contributed by atoms with van der Waals surface area (Å²) in [4.78, 5) is 16.1. The maximum atomic E-state index is 12.9. The van der Waals surface area contributed by atoms with Crippen LogP contribution in [-0.2, 0) is 10.2 Å². The first kappa shape index (κ1) is 17.4. The van der Waals surface area contributed by atoms with E-state index < -0.39 is 0 Å². The minimum Gasteiger partial charge on any atom is -0.361 e. The molecule has 1 atom stereocenters. The van der Waals surface area contributed by atoms with Gasteiger partial charge in [0.2, 0.25) is 5.91 Å². The van der Waals surface area contributed by atoms with Crippen molar-refractivity contribution in [3.63, 3.8) is 0 Å². The lowest BCUT2D eigenvalue weighted by Gasteiger charge is -2.18. The summed E-state index contributed by atoms with van der Waals surface area (Å²) >= 11 is 0. The summed E-state index contributed by atoms with van der Waals surface area (Å²) in [5.74, 6) is -0.179. The average molecular weight is 379 g/mol. The highest BCUT2D eigenvalue weighted by Gasteiger charge is 2.60. The molecule has 0 spiro atoms. The highest BCUT2D eigenvalue weighted by atomic mass is 16.2. The number of benzene rings is 3. The van der Waals surface area contributed by atoms with E-state index in [0.29, 0.717) is 0 Å². The predicted molar refractivity (Wildman–Crippen MR) is 116 cm³/mol. The number of hydrogen-bond acceptors (Lipinski definition) is 2. The Morgan fingerprint density at radius 2 is 1.55 bits per heavy atom. The molecule has 0 aliphatic heterocycles. The van der Waals surface area contributed by atoms with Crippen molar-refractivity contribution in [1.82, 2.24) is 10.4 Å². The molecule has 1 unspecified atom stereocenters. The van der Waals surface area contributed by atoms with Crippen molar-refractivity contribution in [2.24, 2.45) is 11.0 Å². The first-order valence-corrected chi connectivity index (χ1v) is 9.79. The van der Waals surface area contributed by atoms with E-state index in [1.54, 1.807) is 6.21 Å². The molecule has 1 heterocycles. The Morgan fingerprint density at radius 1 is 0.931 bits per heavy atom. The predicted octanol–water partition coefficient (Wildman–Crippen LogP) is 4.62. The number of H-pyrrole nitrogens is 1. The van der Waals surface area contributed by atoms with Crippen LogP contribution in [0.25, 0.3) is 10.9 Å². The van der Waals surface area contributed by atoms with E-state index in [1.165, 1.54) is 11.1 Å². The highest BCUT2D eigenvalue weighted by molar-refractivity contribution is 5.99. The van der Waals surface area contributed by atoms with Gasteiger partial charge in [-0.05, 0) is 23.6 Å². The second kappa shape index (κ2) is 7.06. The third-order valence-corrected chi connectivity index (χ3v) is 5.85. The van der Waals surface area contributed by atoms with E-state index in [1.807, 2.05) is 66.9 Å². The normalized spacial score (nSPS) is 17.4. The summed E-state index contributed by atoms with van der Waals surface area (Å²) in [5.41, 5.74) is 6.83. The van der Waals surface area contributed by atoms with Gasteiger partial charge in [-0.3, -0.25) is 4.79 Å². The number of hydrogen-bond donors (Lipinski definition) is 2. The van der Waals surface area contributed by atoms with Crippen molar-refractivity contribution in [2.45, 2.75) is 11.8 Å². The zero-order valence-corrected chi connectivity index (χ0v) is 15.9.